The highest BCUT2D eigenvalue weighted by atomic mass is 32.2. The maximum Gasteiger partial charge on any atom is 0.266 e. The van der Waals surface area contributed by atoms with Crippen LogP contribution < -0.4 is 10.1 Å². The molecule has 1 N–H and O–H groups in total. The molecule has 2 amide bonds. The number of nitrogens with zero attached hydrogens (tertiary/aromatic N) is 3. The van der Waals surface area contributed by atoms with Gasteiger partial charge in [0.15, 0.2) is 5.69 Å². The Morgan fingerprint density at radius 2 is 2.19 bits per heavy atom. The summed E-state index contributed by atoms with van der Waals surface area (Å²) in [6, 6.07) is 9.24. The highest BCUT2D eigenvalue weighted by molar-refractivity contribution is 8.26. The summed E-state index contributed by atoms with van der Waals surface area (Å²) in [5.74, 6) is 0.103. The summed E-state index contributed by atoms with van der Waals surface area (Å²) in [4.78, 5) is 28.0. The number of hydrogen-bond acceptors (Lipinski definition) is 9. The summed E-state index contributed by atoms with van der Waals surface area (Å²) in [5.41, 5.74) is 2.00. The number of thioether (sulfide) groups is 1. The Hall–Kier alpha value is -3.02. The van der Waals surface area contributed by atoms with Crippen molar-refractivity contribution >= 4 is 63.3 Å². The lowest BCUT2D eigenvalue weighted by Crippen LogP contribution is -2.36. The van der Waals surface area contributed by atoms with Gasteiger partial charge in [-0.25, -0.2) is 4.63 Å². The molecule has 1 fully saturated rings. The third-order valence-corrected chi connectivity index (χ3v) is 6.62. The summed E-state index contributed by atoms with van der Waals surface area (Å²) in [5, 5.41) is 12.3. The van der Waals surface area contributed by atoms with Crippen molar-refractivity contribution in [3.63, 3.8) is 0 Å². The molecule has 2 aromatic heterocycles. The van der Waals surface area contributed by atoms with Crippen LogP contribution in [0.5, 0.6) is 5.75 Å². The van der Waals surface area contributed by atoms with Crippen LogP contribution in [0.1, 0.15) is 10.4 Å². The molecular weight excluding hydrogens is 456 g/mol. The number of nitrogens with one attached hydrogen (secondary N) is 1. The SMILES string of the molecule is COc1ccc(-c2nonc2NC(=O)CN2C(=O)/C(=C/c3cccs3)SC2=S)c(C)c1. The highest BCUT2D eigenvalue weighted by Gasteiger charge is 2.33. The molecule has 0 spiro atoms. The van der Waals surface area contributed by atoms with E-state index in [-0.39, 0.29) is 18.3 Å². The second kappa shape index (κ2) is 9.00. The lowest BCUT2D eigenvalue weighted by molar-refractivity contribution is -0.126. The van der Waals surface area contributed by atoms with Crippen LogP contribution in [0.3, 0.4) is 0 Å². The van der Waals surface area contributed by atoms with Crippen molar-refractivity contribution < 1.29 is 19.0 Å². The Morgan fingerprint density at radius 1 is 1.35 bits per heavy atom. The van der Waals surface area contributed by atoms with Crippen LogP contribution in [0.2, 0.25) is 0 Å². The summed E-state index contributed by atoms with van der Waals surface area (Å²) in [6.45, 7) is 1.65. The second-order valence-electron chi connectivity index (χ2n) is 6.47. The molecule has 8 nitrogen and oxygen atoms in total. The van der Waals surface area contributed by atoms with E-state index < -0.39 is 5.91 Å². The first-order valence-corrected chi connectivity index (χ1v) is 11.1. The second-order valence-corrected chi connectivity index (χ2v) is 9.13. The van der Waals surface area contributed by atoms with Crippen LogP contribution >= 0.6 is 35.3 Å². The predicted octanol–water partition coefficient (Wildman–Crippen LogP) is 3.96. The van der Waals surface area contributed by atoms with Gasteiger partial charge in [0, 0.05) is 10.4 Å². The van der Waals surface area contributed by atoms with Crippen LogP contribution in [0.4, 0.5) is 5.82 Å². The first-order chi connectivity index (χ1) is 15.0. The average molecular weight is 473 g/mol. The van der Waals surface area contributed by atoms with Gasteiger partial charge in [0.05, 0.1) is 12.0 Å². The monoisotopic (exact) mass is 472 g/mol. The number of ether oxygens (including phenoxy) is 1. The Kier molecular flexibility index (Phi) is 6.16. The molecule has 31 heavy (non-hydrogen) atoms. The number of aryl methyl sites for hydroxylation is 1. The number of carbonyl (C=O) groups is 2. The van der Waals surface area contributed by atoms with E-state index in [0.717, 1.165) is 16.0 Å². The van der Waals surface area contributed by atoms with E-state index in [4.69, 9.17) is 21.6 Å². The van der Waals surface area contributed by atoms with Crippen molar-refractivity contribution in [1.29, 1.82) is 0 Å². The standard InChI is InChI=1S/C20H16N4O4S3/c1-11-8-12(27-2)5-6-14(11)17-18(23-28-22-17)21-16(25)10-24-19(26)15(31-20(24)29)9-13-4-3-7-30-13/h3-9H,10H2,1-2H3,(H,21,23,25)/b15-9-. The zero-order valence-electron chi connectivity index (χ0n) is 16.4. The summed E-state index contributed by atoms with van der Waals surface area (Å²) < 4.78 is 10.4. The quantitative estimate of drug-likeness (QED) is 0.425. The molecule has 1 aliphatic rings. The summed E-state index contributed by atoms with van der Waals surface area (Å²) in [7, 11) is 1.58. The van der Waals surface area contributed by atoms with Crippen LogP contribution in [0.15, 0.2) is 45.2 Å². The maximum absolute atomic E-state index is 12.7. The van der Waals surface area contributed by atoms with E-state index in [2.05, 4.69) is 15.6 Å². The molecule has 1 aromatic carbocycles. The smallest absolute Gasteiger partial charge is 0.266 e. The van der Waals surface area contributed by atoms with Gasteiger partial charge in [-0.1, -0.05) is 30.0 Å². The molecule has 4 rings (SSSR count). The van der Waals surface area contributed by atoms with Gasteiger partial charge in [0.2, 0.25) is 11.7 Å². The topological polar surface area (TPSA) is 97.6 Å². The number of hydrogen-bond donors (Lipinski definition) is 1. The zero-order chi connectivity index (χ0) is 22.0. The number of methoxy groups -OCH3 is 1. The predicted molar refractivity (Wildman–Crippen MR) is 124 cm³/mol. The van der Waals surface area contributed by atoms with E-state index in [9.17, 15) is 9.59 Å². The van der Waals surface area contributed by atoms with Gasteiger partial charge >= 0.3 is 0 Å². The molecule has 0 aliphatic carbocycles. The number of carbonyl (C=O) groups excluding carboxylic acids is 2. The molecule has 0 radical (unpaired) electrons. The van der Waals surface area contributed by atoms with E-state index >= 15 is 0 Å². The van der Waals surface area contributed by atoms with E-state index in [1.165, 1.54) is 28.0 Å². The van der Waals surface area contributed by atoms with Gasteiger partial charge in [0.25, 0.3) is 5.91 Å². The van der Waals surface area contributed by atoms with Crippen molar-refractivity contribution in [3.8, 4) is 17.0 Å². The van der Waals surface area contributed by atoms with Crippen molar-refractivity contribution in [3.05, 3.63) is 51.1 Å². The third-order valence-electron chi connectivity index (χ3n) is 4.43. The average Bonchev–Trinajstić information content (AvgIpc) is 3.47. The van der Waals surface area contributed by atoms with Crippen LogP contribution in [0.25, 0.3) is 17.3 Å². The fourth-order valence-corrected chi connectivity index (χ4v) is 4.91. The van der Waals surface area contributed by atoms with E-state index in [0.29, 0.717) is 20.7 Å². The fourth-order valence-electron chi connectivity index (χ4n) is 2.93. The molecule has 0 unspecified atom stereocenters. The zero-order valence-corrected chi connectivity index (χ0v) is 18.9. The summed E-state index contributed by atoms with van der Waals surface area (Å²) in [6.07, 6.45) is 1.77. The number of rotatable bonds is 6. The first kappa shape index (κ1) is 21.2. The van der Waals surface area contributed by atoms with Gasteiger partial charge < -0.3 is 10.1 Å². The molecule has 158 valence electrons. The largest absolute Gasteiger partial charge is 0.497 e. The van der Waals surface area contributed by atoms with Crippen LogP contribution in [-0.2, 0) is 9.59 Å². The van der Waals surface area contributed by atoms with Crippen molar-refractivity contribution in [2.45, 2.75) is 6.92 Å². The molecule has 0 atom stereocenters. The summed E-state index contributed by atoms with van der Waals surface area (Å²) >= 11 is 7.98. The van der Waals surface area contributed by atoms with Crippen molar-refractivity contribution in [1.82, 2.24) is 15.2 Å². The number of aromatic nitrogens is 2. The Bertz CT molecular complexity index is 1190. The number of benzene rings is 1. The van der Waals surface area contributed by atoms with Crippen LogP contribution in [-0.4, -0.2) is 45.0 Å². The number of thiophene rings is 1. The minimum atomic E-state index is -0.461. The minimum absolute atomic E-state index is 0.165. The molecular formula is C20H16N4O4S3. The molecule has 3 heterocycles. The maximum atomic E-state index is 12.7. The molecule has 1 aliphatic heterocycles. The molecule has 0 saturated carbocycles. The Labute approximate surface area is 191 Å². The molecule has 1 saturated heterocycles. The fraction of sp³-hybridized carbons (Fsp3) is 0.150. The van der Waals surface area contributed by atoms with E-state index in [1.807, 2.05) is 30.5 Å². The Balaban J connectivity index is 1.47. The first-order valence-electron chi connectivity index (χ1n) is 9.02. The lowest BCUT2D eigenvalue weighted by atomic mass is 10.1. The highest BCUT2D eigenvalue weighted by Crippen LogP contribution is 2.33. The van der Waals surface area contributed by atoms with E-state index in [1.54, 1.807) is 25.3 Å². The number of thiocarbonyl (C=S) groups is 1. The Morgan fingerprint density at radius 3 is 2.90 bits per heavy atom. The normalized spacial score (nSPS) is 15.0. The molecule has 3 aromatic rings. The molecule has 0 bridgehead atoms. The van der Waals surface area contributed by atoms with Gasteiger partial charge in [-0.15, -0.1) is 11.3 Å². The van der Waals surface area contributed by atoms with Crippen molar-refractivity contribution in [2.75, 3.05) is 19.0 Å². The van der Waals surface area contributed by atoms with Gasteiger partial charge in [-0.2, -0.15) is 0 Å². The third kappa shape index (κ3) is 4.53. The van der Waals surface area contributed by atoms with Gasteiger partial charge in [-0.3, -0.25) is 14.5 Å². The lowest BCUT2D eigenvalue weighted by Gasteiger charge is -2.13. The van der Waals surface area contributed by atoms with Crippen LogP contribution in [0, 0.1) is 6.92 Å². The van der Waals surface area contributed by atoms with Crippen molar-refractivity contribution in [2.24, 2.45) is 0 Å². The van der Waals surface area contributed by atoms with Gasteiger partial charge in [-0.05, 0) is 58.5 Å². The van der Waals surface area contributed by atoms with Gasteiger partial charge in [0.1, 0.15) is 16.6 Å². The minimum Gasteiger partial charge on any atom is -0.497 e. The number of anilines is 1. The molecule has 11 heteroatoms. The number of amides is 2.